The van der Waals surface area contributed by atoms with Gasteiger partial charge in [-0.25, -0.2) is 0 Å². The molecule has 4 N–H and O–H groups in total. The van der Waals surface area contributed by atoms with E-state index >= 15 is 0 Å². The van der Waals surface area contributed by atoms with E-state index in [2.05, 4.69) is 4.90 Å². The third-order valence-corrected chi connectivity index (χ3v) is 9.45. The predicted octanol–water partition coefficient (Wildman–Crippen LogP) is 0.723. The van der Waals surface area contributed by atoms with Gasteiger partial charge in [-0.15, -0.1) is 0 Å². The predicted molar refractivity (Wildman–Crippen MR) is 144 cm³/mol. The molecule has 1 saturated heterocycles. The second kappa shape index (κ2) is 9.71. The molecular formula is C30H33N3O8. The zero-order chi connectivity index (χ0) is 29.4. The van der Waals surface area contributed by atoms with Gasteiger partial charge in [0, 0.05) is 11.5 Å². The summed E-state index contributed by atoms with van der Waals surface area (Å²) in [5.74, 6) is -9.33. The summed E-state index contributed by atoms with van der Waals surface area (Å²) in [7, 11) is 3.11. The fourth-order valence-corrected chi connectivity index (χ4v) is 7.60. The molecule has 1 aromatic heterocycles. The number of Topliss-reactive ketones (excluding diaryl/α,β-unsaturated/α-hetero) is 4. The summed E-state index contributed by atoms with van der Waals surface area (Å²) >= 11 is 0. The maximum Gasteiger partial charge on any atom is 0.235 e. The monoisotopic (exact) mass is 563 g/mol. The number of ketones is 4. The Labute approximate surface area is 236 Å². The van der Waals surface area contributed by atoms with Gasteiger partial charge >= 0.3 is 0 Å². The molecule has 1 amide bonds. The number of phenolic OH excluding ortho intramolecular Hbond substituents is 1. The number of likely N-dealkylation sites (N-methyl/N-ethyl adjacent to an activating group) is 1. The van der Waals surface area contributed by atoms with Crippen LogP contribution in [0.3, 0.4) is 0 Å². The largest absolute Gasteiger partial charge is 0.507 e. The van der Waals surface area contributed by atoms with Crippen LogP contribution in [-0.2, 0) is 32.1 Å². The van der Waals surface area contributed by atoms with Gasteiger partial charge in [0.1, 0.15) is 17.3 Å². The van der Waals surface area contributed by atoms with Crippen LogP contribution in [-0.4, -0.2) is 87.9 Å². The van der Waals surface area contributed by atoms with Crippen molar-refractivity contribution in [3.05, 3.63) is 41.2 Å². The summed E-state index contributed by atoms with van der Waals surface area (Å²) in [6, 6.07) is 5.62. The fraction of sp³-hybridized carbons (Fsp3) is 0.500. The zero-order valence-electron chi connectivity index (χ0n) is 23.0. The molecular weight excluding hydrogens is 530 g/mol. The molecule has 6 atom stereocenters. The van der Waals surface area contributed by atoms with Crippen molar-refractivity contribution in [3.8, 4) is 17.1 Å². The number of rotatable bonds is 5. The standard InChI is InChI=1S/C30H33N3O8/c1-32(2)24-18-12-14-11-17-16(20-8-5-15(41-20)13-33-9-3-4-10-33)6-7-19(34)22(17)25(35)21(14)27(37)30(18,40)28(38)23(26(24)36)29(31)39/h5-8,14,18,21,23-24,34,40H,3-4,9-13H2,1-2H3,(H2,31,39)/t14-,18-,21?,23?,24?,30-/m0/s1. The van der Waals surface area contributed by atoms with Crippen molar-refractivity contribution in [1.82, 2.24) is 9.80 Å². The Balaban J connectivity index is 1.41. The smallest absolute Gasteiger partial charge is 0.235 e. The summed E-state index contributed by atoms with van der Waals surface area (Å²) in [5.41, 5.74) is 3.70. The van der Waals surface area contributed by atoms with Crippen LogP contribution in [0.5, 0.6) is 5.75 Å². The van der Waals surface area contributed by atoms with E-state index in [0.717, 1.165) is 31.7 Å². The van der Waals surface area contributed by atoms with Crippen LogP contribution in [0, 0.1) is 23.7 Å². The maximum absolute atomic E-state index is 13.9. The molecule has 2 saturated carbocycles. The summed E-state index contributed by atoms with van der Waals surface area (Å²) in [6.07, 6.45) is 2.47. The number of aromatic hydroxyl groups is 1. The molecule has 3 unspecified atom stereocenters. The van der Waals surface area contributed by atoms with Crippen LogP contribution in [0.25, 0.3) is 11.3 Å². The van der Waals surface area contributed by atoms with E-state index in [9.17, 15) is 34.2 Å². The first-order valence-corrected chi connectivity index (χ1v) is 14.0. The zero-order valence-corrected chi connectivity index (χ0v) is 23.0. The van der Waals surface area contributed by atoms with Crippen LogP contribution < -0.4 is 5.73 Å². The average molecular weight is 564 g/mol. The lowest BCUT2D eigenvalue weighted by Gasteiger charge is -2.52. The Morgan fingerprint density at radius 3 is 2.46 bits per heavy atom. The van der Waals surface area contributed by atoms with Gasteiger partial charge in [-0.1, -0.05) is 0 Å². The molecule has 2 aromatic rings. The number of furan rings is 1. The van der Waals surface area contributed by atoms with Gasteiger partial charge in [-0.3, -0.25) is 33.8 Å². The van der Waals surface area contributed by atoms with E-state index in [1.165, 1.54) is 11.0 Å². The first kappa shape index (κ1) is 27.5. The second-order valence-electron chi connectivity index (χ2n) is 12.0. The molecule has 0 radical (unpaired) electrons. The van der Waals surface area contributed by atoms with E-state index in [4.69, 9.17) is 10.2 Å². The highest BCUT2D eigenvalue weighted by Gasteiger charge is 2.69. The molecule has 11 nitrogen and oxygen atoms in total. The SMILES string of the molecule is CN(C)C1C(=O)C(C(N)=O)C(=O)[C@@]2(O)C(=O)C3C(=O)c4c(O)ccc(-c5ccc(CN6CCCC6)o5)c4C[C@H]3C[C@@H]12. The van der Waals surface area contributed by atoms with Gasteiger partial charge in [-0.2, -0.15) is 0 Å². The van der Waals surface area contributed by atoms with Gasteiger partial charge in [0.25, 0.3) is 0 Å². The lowest BCUT2D eigenvalue weighted by molar-refractivity contribution is -0.181. The molecule has 2 heterocycles. The summed E-state index contributed by atoms with van der Waals surface area (Å²) in [6.45, 7) is 2.67. The Morgan fingerprint density at radius 1 is 1.10 bits per heavy atom. The molecule has 216 valence electrons. The lowest BCUT2D eigenvalue weighted by atomic mass is 9.52. The Morgan fingerprint density at radius 2 is 1.80 bits per heavy atom. The Kier molecular flexibility index (Phi) is 6.51. The van der Waals surface area contributed by atoms with Crippen molar-refractivity contribution in [2.45, 2.75) is 43.9 Å². The first-order chi connectivity index (χ1) is 19.4. The van der Waals surface area contributed by atoms with Crippen molar-refractivity contribution in [3.63, 3.8) is 0 Å². The molecule has 6 rings (SSSR count). The number of fused-ring (bicyclic) bond motifs is 3. The van der Waals surface area contributed by atoms with Gasteiger partial charge in [-0.05, 0) is 88.6 Å². The quantitative estimate of drug-likeness (QED) is 0.440. The van der Waals surface area contributed by atoms with Crippen LogP contribution in [0.1, 0.15) is 40.9 Å². The van der Waals surface area contributed by atoms with E-state index < -0.39 is 64.4 Å². The molecule has 3 fully saturated rings. The van der Waals surface area contributed by atoms with Crippen LogP contribution in [0.4, 0.5) is 0 Å². The number of nitrogens with two attached hydrogens (primary N) is 1. The third-order valence-electron chi connectivity index (χ3n) is 9.45. The van der Waals surface area contributed by atoms with E-state index in [-0.39, 0.29) is 24.2 Å². The molecule has 41 heavy (non-hydrogen) atoms. The molecule has 1 aromatic carbocycles. The van der Waals surface area contributed by atoms with Gasteiger partial charge in [0.15, 0.2) is 34.7 Å². The molecule has 3 aliphatic carbocycles. The number of hydrogen-bond acceptors (Lipinski definition) is 10. The minimum Gasteiger partial charge on any atom is -0.507 e. The number of nitrogens with zero attached hydrogens (tertiary/aromatic N) is 2. The van der Waals surface area contributed by atoms with Crippen LogP contribution in [0.15, 0.2) is 28.7 Å². The Hall–Kier alpha value is -3.67. The van der Waals surface area contributed by atoms with E-state index in [1.54, 1.807) is 20.2 Å². The minimum atomic E-state index is -2.74. The van der Waals surface area contributed by atoms with Gasteiger partial charge in [0.05, 0.1) is 24.1 Å². The van der Waals surface area contributed by atoms with Crippen molar-refractivity contribution in [2.24, 2.45) is 29.4 Å². The normalized spacial score (nSPS) is 31.8. The molecule has 0 bridgehead atoms. The maximum atomic E-state index is 13.9. The number of carbonyl (C=O) groups is 5. The summed E-state index contributed by atoms with van der Waals surface area (Å²) in [5, 5.41) is 22.5. The van der Waals surface area contributed by atoms with Crippen LogP contribution >= 0.6 is 0 Å². The number of phenols is 1. The van der Waals surface area contributed by atoms with Crippen LogP contribution in [0.2, 0.25) is 0 Å². The first-order valence-electron chi connectivity index (χ1n) is 14.0. The summed E-state index contributed by atoms with van der Waals surface area (Å²) in [4.78, 5) is 70.4. The molecule has 1 aliphatic heterocycles. The average Bonchev–Trinajstić information content (AvgIpc) is 3.59. The number of likely N-dealkylation sites (tertiary alicyclic amines) is 1. The minimum absolute atomic E-state index is 0.00262. The highest BCUT2D eigenvalue weighted by atomic mass is 16.3. The number of amides is 1. The molecule has 0 spiro atoms. The number of hydrogen-bond donors (Lipinski definition) is 3. The second-order valence-corrected chi connectivity index (χ2v) is 12.0. The number of aliphatic hydroxyl groups is 1. The number of primary amides is 1. The highest BCUT2D eigenvalue weighted by Crippen LogP contribution is 2.51. The molecule has 11 heteroatoms. The van der Waals surface area contributed by atoms with Crippen molar-refractivity contribution >= 4 is 29.0 Å². The van der Waals surface area contributed by atoms with E-state index in [1.807, 2.05) is 12.1 Å². The van der Waals surface area contributed by atoms with Gasteiger partial charge in [0.2, 0.25) is 5.91 Å². The van der Waals surface area contributed by atoms with Gasteiger partial charge < -0.3 is 20.4 Å². The Bertz CT molecular complexity index is 1490. The van der Waals surface area contributed by atoms with E-state index in [0.29, 0.717) is 23.4 Å². The topological polar surface area (TPSA) is 171 Å². The van der Waals surface area contributed by atoms with Crippen molar-refractivity contribution < 1.29 is 38.6 Å². The highest BCUT2D eigenvalue weighted by molar-refractivity contribution is 6.32. The van der Waals surface area contributed by atoms with Crippen molar-refractivity contribution in [2.75, 3.05) is 27.2 Å². The third kappa shape index (κ3) is 4.01. The lowest BCUT2D eigenvalue weighted by Crippen LogP contribution is -2.74. The molecule has 4 aliphatic rings. The fourth-order valence-electron chi connectivity index (χ4n) is 7.60. The van der Waals surface area contributed by atoms with Crippen molar-refractivity contribution in [1.29, 1.82) is 0 Å². The number of carbonyl (C=O) groups excluding carboxylic acids is 5. The number of benzene rings is 1. The summed E-state index contributed by atoms with van der Waals surface area (Å²) < 4.78 is 6.16.